The van der Waals surface area contributed by atoms with Crippen molar-refractivity contribution in [1.29, 1.82) is 0 Å². The topological polar surface area (TPSA) is 92.7 Å². The van der Waals surface area contributed by atoms with Crippen LogP contribution in [0.2, 0.25) is 0 Å². The van der Waals surface area contributed by atoms with E-state index >= 15 is 0 Å². The summed E-state index contributed by atoms with van der Waals surface area (Å²) in [6, 6.07) is 4.27. The van der Waals surface area contributed by atoms with E-state index in [4.69, 9.17) is 9.84 Å². The third-order valence-corrected chi connectivity index (χ3v) is 2.33. The Morgan fingerprint density at radius 1 is 1.20 bits per heavy atom. The zero-order valence-corrected chi connectivity index (χ0v) is 11.8. The lowest BCUT2D eigenvalue weighted by Gasteiger charge is -2.20. The minimum atomic E-state index is -1.54. The predicted octanol–water partition coefficient (Wildman–Crippen LogP) is 2.61. The molecule has 0 spiro atoms. The number of hydrogen-bond acceptors (Lipinski definition) is 4. The number of nitrogens with one attached hydrogen (secondary N) is 1. The summed E-state index contributed by atoms with van der Waals surface area (Å²) in [7, 11) is 0. The summed E-state index contributed by atoms with van der Waals surface area (Å²) in [5, 5.41) is 11.2. The molecule has 0 aliphatic rings. The van der Waals surface area contributed by atoms with Crippen molar-refractivity contribution < 1.29 is 24.2 Å². The zero-order chi connectivity index (χ0) is 15.5. The van der Waals surface area contributed by atoms with Gasteiger partial charge in [-0.15, -0.1) is 0 Å². The van der Waals surface area contributed by atoms with E-state index in [9.17, 15) is 14.4 Å². The summed E-state index contributed by atoms with van der Waals surface area (Å²) >= 11 is 0. The maximum Gasteiger partial charge on any atom is 0.412 e. The first kappa shape index (κ1) is 15.7. The van der Waals surface area contributed by atoms with Crippen molar-refractivity contribution in [3.8, 4) is 0 Å². The van der Waals surface area contributed by atoms with Crippen molar-refractivity contribution in [3.05, 3.63) is 29.3 Å². The Hall–Kier alpha value is -2.37. The summed E-state index contributed by atoms with van der Waals surface area (Å²) in [5.41, 5.74) is 0.380. The third kappa shape index (κ3) is 4.38. The number of carbonyl (C=O) groups excluding carboxylic acids is 2. The molecule has 0 heterocycles. The Bertz CT molecular complexity index is 557. The van der Waals surface area contributed by atoms with E-state index in [2.05, 4.69) is 5.32 Å². The molecule has 0 saturated heterocycles. The van der Waals surface area contributed by atoms with Crippen molar-refractivity contribution in [2.24, 2.45) is 0 Å². The molecule has 1 aromatic carbocycles. The Labute approximate surface area is 116 Å². The second-order valence-electron chi connectivity index (χ2n) is 5.29. The largest absolute Gasteiger partial charge is 0.475 e. The number of ketones is 1. The Morgan fingerprint density at radius 3 is 2.30 bits per heavy atom. The number of carboxylic acid groups (broad SMARTS) is 1. The van der Waals surface area contributed by atoms with Crippen LogP contribution in [-0.4, -0.2) is 28.6 Å². The first-order valence-electron chi connectivity index (χ1n) is 5.98. The van der Waals surface area contributed by atoms with Gasteiger partial charge in [-0.1, -0.05) is 12.1 Å². The second-order valence-corrected chi connectivity index (χ2v) is 5.29. The molecule has 108 valence electrons. The van der Waals surface area contributed by atoms with Crippen molar-refractivity contribution in [2.45, 2.75) is 33.3 Å². The molecule has 20 heavy (non-hydrogen) atoms. The van der Waals surface area contributed by atoms with Crippen LogP contribution in [0.15, 0.2) is 18.2 Å². The maximum absolute atomic E-state index is 11.7. The summed E-state index contributed by atoms with van der Waals surface area (Å²) < 4.78 is 5.09. The average Bonchev–Trinajstić information content (AvgIpc) is 2.28. The molecule has 1 aromatic rings. The van der Waals surface area contributed by atoms with Crippen LogP contribution in [0.1, 0.15) is 36.7 Å². The minimum Gasteiger partial charge on any atom is -0.475 e. The molecular formula is C14H17NO5. The normalized spacial score (nSPS) is 10.8. The number of amides is 1. The van der Waals surface area contributed by atoms with Gasteiger partial charge in [-0.3, -0.25) is 10.1 Å². The molecule has 1 amide bonds. The summed E-state index contributed by atoms with van der Waals surface area (Å²) in [5.74, 6) is -2.57. The van der Waals surface area contributed by atoms with Gasteiger partial charge in [0.15, 0.2) is 0 Å². The van der Waals surface area contributed by atoms with E-state index in [1.54, 1.807) is 33.8 Å². The molecular weight excluding hydrogens is 262 g/mol. The van der Waals surface area contributed by atoms with E-state index in [1.807, 2.05) is 0 Å². The quantitative estimate of drug-likeness (QED) is 0.655. The fourth-order valence-electron chi connectivity index (χ4n) is 1.43. The highest BCUT2D eigenvalue weighted by Crippen LogP contribution is 2.19. The average molecular weight is 279 g/mol. The van der Waals surface area contributed by atoms with Crippen molar-refractivity contribution >= 4 is 23.5 Å². The standard InChI is InChI=1S/C14H17NO5/c1-8-5-6-9(11(16)12(17)18)7-10(8)15-13(19)20-14(2,3)4/h5-7H,1-4H3,(H,15,19)(H,17,18). The number of hydrogen-bond donors (Lipinski definition) is 2. The maximum atomic E-state index is 11.7. The summed E-state index contributed by atoms with van der Waals surface area (Å²) in [4.78, 5) is 33.7. The van der Waals surface area contributed by atoms with E-state index in [0.717, 1.165) is 0 Å². The minimum absolute atomic E-state index is 0.00541. The zero-order valence-electron chi connectivity index (χ0n) is 11.8. The molecule has 0 radical (unpaired) electrons. The second kappa shape index (κ2) is 5.73. The number of carboxylic acids is 1. The van der Waals surface area contributed by atoms with Crippen LogP contribution in [0.5, 0.6) is 0 Å². The predicted molar refractivity (Wildman–Crippen MR) is 73.0 cm³/mol. The smallest absolute Gasteiger partial charge is 0.412 e. The van der Waals surface area contributed by atoms with Crippen LogP contribution in [0, 0.1) is 6.92 Å². The van der Waals surface area contributed by atoms with E-state index < -0.39 is 23.4 Å². The molecule has 0 unspecified atom stereocenters. The Balaban J connectivity index is 2.95. The van der Waals surface area contributed by atoms with Crippen LogP contribution in [0.3, 0.4) is 0 Å². The fourth-order valence-corrected chi connectivity index (χ4v) is 1.43. The van der Waals surface area contributed by atoms with Gasteiger partial charge in [0, 0.05) is 11.3 Å². The fraction of sp³-hybridized carbons (Fsp3) is 0.357. The van der Waals surface area contributed by atoms with Crippen molar-refractivity contribution in [3.63, 3.8) is 0 Å². The van der Waals surface area contributed by atoms with Crippen LogP contribution < -0.4 is 5.32 Å². The van der Waals surface area contributed by atoms with Crippen molar-refractivity contribution in [1.82, 2.24) is 0 Å². The molecule has 0 saturated carbocycles. The van der Waals surface area contributed by atoms with Crippen LogP contribution in [0.4, 0.5) is 10.5 Å². The third-order valence-electron chi connectivity index (χ3n) is 2.33. The molecule has 0 atom stereocenters. The highest BCUT2D eigenvalue weighted by atomic mass is 16.6. The molecule has 0 fully saturated rings. The van der Waals surface area contributed by atoms with Crippen LogP contribution >= 0.6 is 0 Å². The highest BCUT2D eigenvalue weighted by molar-refractivity contribution is 6.40. The van der Waals surface area contributed by atoms with Crippen LogP contribution in [-0.2, 0) is 9.53 Å². The Kier molecular flexibility index (Phi) is 4.49. The molecule has 0 aromatic heterocycles. The number of benzene rings is 1. The van der Waals surface area contributed by atoms with Gasteiger partial charge in [0.2, 0.25) is 0 Å². The first-order valence-corrected chi connectivity index (χ1v) is 5.98. The van der Waals surface area contributed by atoms with Gasteiger partial charge in [-0.2, -0.15) is 0 Å². The molecule has 0 bridgehead atoms. The molecule has 0 aliphatic carbocycles. The van der Waals surface area contributed by atoms with Gasteiger partial charge in [0.25, 0.3) is 5.78 Å². The number of ether oxygens (including phenoxy) is 1. The first-order chi connectivity index (χ1) is 9.10. The molecule has 1 rings (SSSR count). The lowest BCUT2D eigenvalue weighted by molar-refractivity contribution is -0.131. The van der Waals surface area contributed by atoms with E-state index in [0.29, 0.717) is 11.3 Å². The van der Waals surface area contributed by atoms with Gasteiger partial charge in [-0.05, 0) is 39.3 Å². The van der Waals surface area contributed by atoms with E-state index in [1.165, 1.54) is 12.1 Å². The molecule has 0 aliphatic heterocycles. The molecule has 6 nitrogen and oxygen atoms in total. The number of carbonyl (C=O) groups is 3. The Morgan fingerprint density at radius 2 is 1.80 bits per heavy atom. The van der Waals surface area contributed by atoms with E-state index in [-0.39, 0.29) is 5.56 Å². The van der Waals surface area contributed by atoms with Gasteiger partial charge in [0.1, 0.15) is 5.60 Å². The number of rotatable bonds is 3. The van der Waals surface area contributed by atoms with Gasteiger partial charge < -0.3 is 9.84 Å². The number of aryl methyl sites for hydroxylation is 1. The number of Topliss-reactive ketones (excluding diaryl/α,β-unsaturated/α-hetero) is 1. The monoisotopic (exact) mass is 279 g/mol. The molecule has 6 heteroatoms. The summed E-state index contributed by atoms with van der Waals surface area (Å²) in [6.07, 6.45) is -0.666. The van der Waals surface area contributed by atoms with Crippen LogP contribution in [0.25, 0.3) is 0 Å². The highest BCUT2D eigenvalue weighted by Gasteiger charge is 2.19. The number of aliphatic carboxylic acids is 1. The van der Waals surface area contributed by atoms with Crippen molar-refractivity contribution in [2.75, 3.05) is 5.32 Å². The lowest BCUT2D eigenvalue weighted by atomic mass is 10.1. The molecule has 2 N–H and O–H groups in total. The lowest BCUT2D eigenvalue weighted by Crippen LogP contribution is -2.27. The number of anilines is 1. The summed E-state index contributed by atoms with van der Waals surface area (Å²) in [6.45, 7) is 6.90. The SMILES string of the molecule is Cc1ccc(C(=O)C(=O)O)cc1NC(=O)OC(C)(C)C. The van der Waals surface area contributed by atoms with Gasteiger partial charge in [0.05, 0.1) is 0 Å². The van der Waals surface area contributed by atoms with Gasteiger partial charge >= 0.3 is 12.1 Å². The van der Waals surface area contributed by atoms with Gasteiger partial charge in [-0.25, -0.2) is 9.59 Å².